The number of piperidine rings is 1. The van der Waals surface area contributed by atoms with Gasteiger partial charge in [0.15, 0.2) is 0 Å². The molecule has 0 unspecified atom stereocenters. The summed E-state index contributed by atoms with van der Waals surface area (Å²) in [5, 5.41) is 0. The van der Waals surface area contributed by atoms with E-state index >= 15 is 0 Å². The highest BCUT2D eigenvalue weighted by Crippen LogP contribution is 2.31. The lowest BCUT2D eigenvalue weighted by molar-refractivity contribution is 0.184. The second-order valence-corrected chi connectivity index (χ2v) is 10.1. The Labute approximate surface area is 165 Å². The average Bonchev–Trinajstić information content (AvgIpc) is 2.62. The van der Waals surface area contributed by atoms with Gasteiger partial charge in [-0.15, -0.1) is 4.40 Å². The van der Waals surface area contributed by atoms with Gasteiger partial charge in [-0.2, -0.15) is 8.42 Å². The quantitative estimate of drug-likeness (QED) is 0.517. The zero-order valence-electron chi connectivity index (χ0n) is 17.0. The summed E-state index contributed by atoms with van der Waals surface area (Å²) in [4.78, 5) is 2.61. The molecule has 0 N–H and O–H groups in total. The Kier molecular flexibility index (Phi) is 6.61. The SMILES string of the molecule is Cc1ccc(S(=O)(=O)/N=C(\CC2CCCCC2)N2[C@H](C)CCC[C@@H]2C)cc1. The number of amidine groups is 1. The molecule has 1 aliphatic heterocycles. The minimum absolute atomic E-state index is 0.298. The third-order valence-electron chi connectivity index (χ3n) is 6.23. The second kappa shape index (κ2) is 8.76. The Hall–Kier alpha value is -1.36. The molecular formula is C22H34N2O2S. The number of hydrogen-bond donors (Lipinski definition) is 0. The van der Waals surface area contributed by atoms with Crippen LogP contribution in [0.1, 0.15) is 77.2 Å². The Bertz CT molecular complexity index is 739. The van der Waals surface area contributed by atoms with Gasteiger partial charge >= 0.3 is 0 Å². The molecule has 2 aliphatic rings. The maximum Gasteiger partial charge on any atom is 0.283 e. The molecule has 4 nitrogen and oxygen atoms in total. The van der Waals surface area contributed by atoms with Crippen LogP contribution >= 0.6 is 0 Å². The van der Waals surface area contributed by atoms with Crippen molar-refractivity contribution in [2.75, 3.05) is 0 Å². The van der Waals surface area contributed by atoms with Crippen molar-refractivity contribution in [3.63, 3.8) is 0 Å². The van der Waals surface area contributed by atoms with E-state index in [1.807, 2.05) is 19.1 Å². The summed E-state index contributed by atoms with van der Waals surface area (Å²) in [6.45, 7) is 6.39. The van der Waals surface area contributed by atoms with Crippen LogP contribution in [0.25, 0.3) is 0 Å². The van der Waals surface area contributed by atoms with Crippen LogP contribution < -0.4 is 0 Å². The molecule has 27 heavy (non-hydrogen) atoms. The number of likely N-dealkylation sites (tertiary alicyclic amines) is 1. The molecule has 3 rings (SSSR count). The van der Waals surface area contributed by atoms with Gasteiger partial charge in [0.05, 0.1) is 4.90 Å². The van der Waals surface area contributed by atoms with Gasteiger partial charge in [-0.1, -0.05) is 49.8 Å². The first-order chi connectivity index (χ1) is 12.9. The van der Waals surface area contributed by atoms with Crippen molar-refractivity contribution in [2.24, 2.45) is 10.3 Å². The Morgan fingerprint density at radius 1 is 0.963 bits per heavy atom. The molecule has 1 saturated carbocycles. The number of aryl methyl sites for hydroxylation is 1. The fraction of sp³-hybridized carbons (Fsp3) is 0.682. The van der Waals surface area contributed by atoms with E-state index in [0.29, 0.717) is 22.9 Å². The lowest BCUT2D eigenvalue weighted by Gasteiger charge is -2.42. The summed E-state index contributed by atoms with van der Waals surface area (Å²) < 4.78 is 30.5. The maximum atomic E-state index is 13.0. The molecule has 1 saturated heterocycles. The van der Waals surface area contributed by atoms with E-state index < -0.39 is 10.0 Å². The van der Waals surface area contributed by atoms with Crippen molar-refractivity contribution >= 4 is 15.9 Å². The van der Waals surface area contributed by atoms with Gasteiger partial charge in [-0.25, -0.2) is 0 Å². The van der Waals surface area contributed by atoms with Gasteiger partial charge in [-0.05, 0) is 58.1 Å². The predicted molar refractivity (Wildman–Crippen MR) is 112 cm³/mol. The van der Waals surface area contributed by atoms with Crippen molar-refractivity contribution < 1.29 is 8.42 Å². The summed E-state index contributed by atoms with van der Waals surface area (Å²) >= 11 is 0. The highest BCUT2D eigenvalue weighted by atomic mass is 32.2. The normalized spacial score (nSPS) is 25.6. The molecule has 1 heterocycles. The molecular weight excluding hydrogens is 356 g/mol. The molecule has 2 fully saturated rings. The first-order valence-corrected chi connectivity index (χ1v) is 12.0. The zero-order chi connectivity index (χ0) is 19.4. The number of rotatable bonds is 4. The van der Waals surface area contributed by atoms with Crippen LogP contribution in [-0.2, 0) is 10.0 Å². The van der Waals surface area contributed by atoms with Crippen molar-refractivity contribution in [2.45, 2.75) is 95.5 Å². The van der Waals surface area contributed by atoms with Crippen molar-refractivity contribution in [3.8, 4) is 0 Å². The number of nitrogens with zero attached hydrogens (tertiary/aromatic N) is 2. The molecule has 0 radical (unpaired) electrons. The van der Waals surface area contributed by atoms with E-state index in [1.54, 1.807) is 12.1 Å². The number of hydrogen-bond acceptors (Lipinski definition) is 2. The number of sulfonamides is 1. The van der Waals surface area contributed by atoms with Crippen molar-refractivity contribution in [1.29, 1.82) is 0 Å². The summed E-state index contributed by atoms with van der Waals surface area (Å²) in [5.74, 6) is 1.36. The summed E-state index contributed by atoms with van der Waals surface area (Å²) in [7, 11) is -3.68. The Morgan fingerprint density at radius 2 is 1.56 bits per heavy atom. The summed E-state index contributed by atoms with van der Waals surface area (Å²) in [6, 6.07) is 7.74. The van der Waals surface area contributed by atoms with Crippen LogP contribution in [-0.4, -0.2) is 31.2 Å². The fourth-order valence-corrected chi connectivity index (χ4v) is 5.70. The molecule has 0 aromatic heterocycles. The summed E-state index contributed by atoms with van der Waals surface area (Å²) in [6.07, 6.45) is 10.4. The van der Waals surface area contributed by atoms with Crippen LogP contribution in [0.4, 0.5) is 0 Å². The minimum atomic E-state index is -3.68. The first kappa shape index (κ1) is 20.4. The van der Waals surface area contributed by atoms with Gasteiger partial charge in [0.2, 0.25) is 0 Å². The van der Waals surface area contributed by atoms with E-state index in [2.05, 4.69) is 23.1 Å². The monoisotopic (exact) mass is 390 g/mol. The van der Waals surface area contributed by atoms with E-state index in [0.717, 1.165) is 30.7 Å². The van der Waals surface area contributed by atoms with Gasteiger partial charge in [0.25, 0.3) is 10.0 Å². The third-order valence-corrected chi connectivity index (χ3v) is 7.55. The van der Waals surface area contributed by atoms with Gasteiger partial charge in [0.1, 0.15) is 5.84 Å². The first-order valence-electron chi connectivity index (χ1n) is 10.6. The van der Waals surface area contributed by atoms with Gasteiger partial charge < -0.3 is 4.90 Å². The molecule has 2 atom stereocenters. The molecule has 0 spiro atoms. The maximum absolute atomic E-state index is 13.0. The largest absolute Gasteiger partial charge is 0.354 e. The highest BCUT2D eigenvalue weighted by molar-refractivity contribution is 7.90. The molecule has 1 aliphatic carbocycles. The van der Waals surface area contributed by atoms with Crippen LogP contribution in [0.2, 0.25) is 0 Å². The average molecular weight is 391 g/mol. The van der Waals surface area contributed by atoms with Crippen LogP contribution in [0, 0.1) is 12.8 Å². The van der Waals surface area contributed by atoms with Crippen LogP contribution in [0.5, 0.6) is 0 Å². The van der Waals surface area contributed by atoms with Crippen molar-refractivity contribution in [1.82, 2.24) is 4.90 Å². The molecule has 1 aromatic rings. The number of benzene rings is 1. The van der Waals surface area contributed by atoms with E-state index in [4.69, 9.17) is 0 Å². The molecule has 0 amide bonds. The molecule has 150 valence electrons. The lowest BCUT2D eigenvalue weighted by Crippen LogP contribution is -2.48. The highest BCUT2D eigenvalue weighted by Gasteiger charge is 2.31. The van der Waals surface area contributed by atoms with E-state index in [9.17, 15) is 8.42 Å². The Balaban J connectivity index is 1.94. The van der Waals surface area contributed by atoms with Crippen molar-refractivity contribution in [3.05, 3.63) is 29.8 Å². The van der Waals surface area contributed by atoms with Crippen LogP contribution in [0.3, 0.4) is 0 Å². The standard InChI is InChI=1S/C22H34N2O2S/c1-17-12-14-21(15-13-17)27(25,26)23-22(16-20-10-5-4-6-11-20)24-18(2)8-7-9-19(24)3/h12-15,18-20H,4-11,16H2,1-3H3/b23-22+/t18-,19+. The zero-order valence-corrected chi connectivity index (χ0v) is 17.8. The van der Waals surface area contributed by atoms with E-state index in [-0.39, 0.29) is 0 Å². The minimum Gasteiger partial charge on any atom is -0.354 e. The van der Waals surface area contributed by atoms with Crippen LogP contribution in [0.15, 0.2) is 33.6 Å². The molecule has 1 aromatic carbocycles. The van der Waals surface area contributed by atoms with Gasteiger partial charge in [-0.3, -0.25) is 0 Å². The molecule has 5 heteroatoms. The molecule has 0 bridgehead atoms. The lowest BCUT2D eigenvalue weighted by atomic mass is 9.85. The topological polar surface area (TPSA) is 49.7 Å². The smallest absolute Gasteiger partial charge is 0.283 e. The van der Waals surface area contributed by atoms with Gasteiger partial charge in [0, 0.05) is 18.5 Å². The van der Waals surface area contributed by atoms with E-state index in [1.165, 1.54) is 38.5 Å². The third kappa shape index (κ3) is 5.13. The predicted octanol–water partition coefficient (Wildman–Crippen LogP) is 5.32. The summed E-state index contributed by atoms with van der Waals surface area (Å²) in [5.41, 5.74) is 1.05. The second-order valence-electron chi connectivity index (χ2n) is 8.54. The fourth-order valence-electron chi connectivity index (χ4n) is 4.67. The Morgan fingerprint density at radius 3 is 2.15 bits per heavy atom.